The number of nitrogens with zero attached hydrogens (tertiary/aromatic N) is 5. The standard InChI is InChI=1S/C26H35N7O4S/c1-18-5-3-14-32(18)25(34)19-8-10-20(11-9-19)30-26-28-13-12-24(31-26)33-22-6-2-7-23(21(22)17-29-33)37-15-4-16-38(27,35)36/h2,6-7,12-13,17-20H,3-5,8-11,14-16H2,1H3,(H2,27,35,36)(H,28,30,31). The first kappa shape index (κ1) is 26.4. The number of ether oxygens (including phenoxy) is 1. The summed E-state index contributed by atoms with van der Waals surface area (Å²) in [4.78, 5) is 24.1. The van der Waals surface area contributed by atoms with Crippen molar-refractivity contribution in [2.45, 2.75) is 64.0 Å². The Hall–Kier alpha value is -3.25. The first-order valence-electron chi connectivity index (χ1n) is 13.3. The van der Waals surface area contributed by atoms with Gasteiger partial charge < -0.3 is 15.0 Å². The van der Waals surface area contributed by atoms with Gasteiger partial charge in [0.1, 0.15) is 5.75 Å². The van der Waals surface area contributed by atoms with Crippen LogP contribution in [0.4, 0.5) is 5.95 Å². The Morgan fingerprint density at radius 2 is 2.00 bits per heavy atom. The normalized spacial score (nSPS) is 22.1. The van der Waals surface area contributed by atoms with Crippen molar-refractivity contribution in [3.63, 3.8) is 0 Å². The number of hydrogen-bond donors (Lipinski definition) is 2. The monoisotopic (exact) mass is 541 g/mol. The van der Waals surface area contributed by atoms with Crippen LogP contribution in [-0.4, -0.2) is 70.0 Å². The first-order chi connectivity index (χ1) is 18.3. The highest BCUT2D eigenvalue weighted by atomic mass is 32.2. The van der Waals surface area contributed by atoms with E-state index in [1.54, 1.807) is 23.1 Å². The third kappa shape index (κ3) is 6.07. The van der Waals surface area contributed by atoms with Crippen LogP contribution in [0, 0.1) is 5.92 Å². The van der Waals surface area contributed by atoms with Crippen LogP contribution < -0.4 is 15.2 Å². The summed E-state index contributed by atoms with van der Waals surface area (Å²) >= 11 is 0. The molecule has 1 saturated heterocycles. The fourth-order valence-corrected chi connectivity index (χ4v) is 5.99. The number of nitrogens with two attached hydrogens (primary N) is 1. The summed E-state index contributed by atoms with van der Waals surface area (Å²) in [6.07, 6.45) is 9.50. The lowest BCUT2D eigenvalue weighted by Crippen LogP contribution is -2.40. The molecule has 1 saturated carbocycles. The Bertz CT molecular complexity index is 1390. The average molecular weight is 542 g/mol. The smallest absolute Gasteiger partial charge is 0.225 e. The van der Waals surface area contributed by atoms with Crippen LogP contribution in [0.5, 0.6) is 5.75 Å². The van der Waals surface area contributed by atoms with Crippen LogP contribution in [0.3, 0.4) is 0 Å². The number of fused-ring (bicyclic) bond motifs is 1. The molecule has 1 aliphatic heterocycles. The summed E-state index contributed by atoms with van der Waals surface area (Å²) in [7, 11) is -3.51. The Kier molecular flexibility index (Phi) is 7.80. The van der Waals surface area contributed by atoms with Crippen LogP contribution in [0.1, 0.15) is 51.9 Å². The summed E-state index contributed by atoms with van der Waals surface area (Å²) < 4.78 is 29.8. The molecule has 11 nitrogen and oxygen atoms in total. The maximum atomic E-state index is 12.9. The molecular formula is C26H35N7O4S. The molecule has 5 rings (SSSR count). The van der Waals surface area contributed by atoms with E-state index < -0.39 is 10.0 Å². The second-order valence-corrected chi connectivity index (χ2v) is 12.0. The molecule has 1 aliphatic carbocycles. The van der Waals surface area contributed by atoms with Gasteiger partial charge in [-0.05, 0) is 64.0 Å². The number of nitrogens with one attached hydrogen (secondary N) is 1. The molecule has 0 bridgehead atoms. The number of benzene rings is 1. The van der Waals surface area contributed by atoms with Crippen LogP contribution in [0.2, 0.25) is 0 Å². The summed E-state index contributed by atoms with van der Waals surface area (Å²) in [6, 6.07) is 7.99. The van der Waals surface area contributed by atoms with Gasteiger partial charge in [0.05, 0.1) is 29.5 Å². The Morgan fingerprint density at radius 1 is 1.18 bits per heavy atom. The lowest BCUT2D eigenvalue weighted by Gasteiger charge is -2.32. The highest BCUT2D eigenvalue weighted by molar-refractivity contribution is 7.89. The molecule has 2 fully saturated rings. The summed E-state index contributed by atoms with van der Waals surface area (Å²) in [6.45, 7) is 3.28. The quantitative estimate of drug-likeness (QED) is 0.393. The van der Waals surface area contributed by atoms with Gasteiger partial charge in [-0.25, -0.2) is 23.2 Å². The number of anilines is 1. The summed E-state index contributed by atoms with van der Waals surface area (Å²) in [5.41, 5.74) is 0.814. The molecule has 0 spiro atoms. The van der Waals surface area contributed by atoms with Crippen molar-refractivity contribution in [2.75, 3.05) is 24.2 Å². The van der Waals surface area contributed by atoms with E-state index in [1.165, 1.54) is 0 Å². The van der Waals surface area contributed by atoms with E-state index in [1.807, 2.05) is 18.2 Å². The van der Waals surface area contributed by atoms with Crippen LogP contribution in [-0.2, 0) is 14.8 Å². The second-order valence-electron chi connectivity index (χ2n) is 10.3. The molecule has 1 atom stereocenters. The van der Waals surface area contributed by atoms with Crippen LogP contribution >= 0.6 is 0 Å². The minimum atomic E-state index is -3.51. The molecule has 1 amide bonds. The Balaban J connectivity index is 1.22. The van der Waals surface area contributed by atoms with Crippen LogP contribution in [0.15, 0.2) is 36.7 Å². The Morgan fingerprint density at radius 3 is 2.74 bits per heavy atom. The maximum absolute atomic E-state index is 12.9. The van der Waals surface area contributed by atoms with Gasteiger partial charge in [-0.1, -0.05) is 6.07 Å². The topological polar surface area (TPSA) is 145 Å². The number of sulfonamides is 1. The zero-order chi connectivity index (χ0) is 26.7. The van der Waals surface area contributed by atoms with Gasteiger partial charge in [-0.2, -0.15) is 10.1 Å². The van der Waals surface area contributed by atoms with Gasteiger partial charge in [0, 0.05) is 36.8 Å². The van der Waals surface area contributed by atoms with Crippen molar-refractivity contribution in [2.24, 2.45) is 11.1 Å². The molecule has 2 aromatic heterocycles. The van der Waals surface area contributed by atoms with Crippen molar-refractivity contribution in [3.05, 3.63) is 36.7 Å². The lowest BCUT2D eigenvalue weighted by atomic mass is 9.85. The van der Waals surface area contributed by atoms with Crippen molar-refractivity contribution in [1.82, 2.24) is 24.6 Å². The zero-order valence-corrected chi connectivity index (χ0v) is 22.4. The predicted molar refractivity (Wildman–Crippen MR) is 145 cm³/mol. The number of aromatic nitrogens is 4. The van der Waals surface area contributed by atoms with Crippen molar-refractivity contribution in [3.8, 4) is 11.6 Å². The van der Waals surface area contributed by atoms with E-state index >= 15 is 0 Å². The molecule has 3 heterocycles. The minimum absolute atomic E-state index is 0.118. The van der Waals surface area contributed by atoms with E-state index in [0.29, 0.717) is 35.9 Å². The van der Waals surface area contributed by atoms with Gasteiger partial charge >= 0.3 is 0 Å². The van der Waals surface area contributed by atoms with Gasteiger partial charge in [-0.3, -0.25) is 4.79 Å². The third-order valence-electron chi connectivity index (χ3n) is 7.51. The van der Waals surface area contributed by atoms with E-state index in [2.05, 4.69) is 27.2 Å². The molecule has 0 radical (unpaired) electrons. The fourth-order valence-electron chi connectivity index (χ4n) is 5.47. The van der Waals surface area contributed by atoms with E-state index in [9.17, 15) is 13.2 Å². The molecule has 204 valence electrons. The van der Waals surface area contributed by atoms with E-state index in [-0.39, 0.29) is 24.3 Å². The first-order valence-corrected chi connectivity index (χ1v) is 15.0. The number of likely N-dealkylation sites (tertiary alicyclic amines) is 1. The third-order valence-corrected chi connectivity index (χ3v) is 8.37. The number of carbonyl (C=O) groups is 1. The van der Waals surface area contributed by atoms with Gasteiger partial charge in [0.2, 0.25) is 21.9 Å². The maximum Gasteiger partial charge on any atom is 0.225 e. The largest absolute Gasteiger partial charge is 0.493 e. The predicted octanol–water partition coefficient (Wildman–Crippen LogP) is 2.85. The van der Waals surface area contributed by atoms with E-state index in [0.717, 1.165) is 56.0 Å². The van der Waals surface area contributed by atoms with Crippen LogP contribution in [0.25, 0.3) is 16.7 Å². The van der Waals surface area contributed by atoms with Gasteiger partial charge in [0.25, 0.3) is 0 Å². The van der Waals surface area contributed by atoms with Crippen molar-refractivity contribution < 1.29 is 17.9 Å². The molecule has 38 heavy (non-hydrogen) atoms. The fraction of sp³-hybridized carbons (Fsp3) is 0.538. The SMILES string of the molecule is CC1CCCN1C(=O)C1CCC(Nc2nccc(-n3ncc4c(OCCCS(N)(=O)=O)cccc43)n2)CC1. The van der Waals surface area contributed by atoms with Gasteiger partial charge in [0.15, 0.2) is 5.82 Å². The van der Waals surface area contributed by atoms with Gasteiger partial charge in [-0.15, -0.1) is 0 Å². The average Bonchev–Trinajstić information content (AvgIpc) is 3.53. The molecule has 3 aromatic rings. The molecule has 2 aliphatic rings. The number of primary sulfonamides is 1. The Labute approximate surface area is 222 Å². The number of rotatable bonds is 9. The summed E-state index contributed by atoms with van der Waals surface area (Å²) in [5.74, 6) is 2.08. The molecule has 3 N–H and O–H groups in total. The molecule has 1 aromatic carbocycles. The van der Waals surface area contributed by atoms with Crippen molar-refractivity contribution >= 4 is 32.8 Å². The molecular weight excluding hydrogens is 506 g/mol. The minimum Gasteiger partial charge on any atom is -0.493 e. The second kappa shape index (κ2) is 11.2. The highest BCUT2D eigenvalue weighted by Gasteiger charge is 2.33. The number of hydrogen-bond acceptors (Lipinski definition) is 8. The summed E-state index contributed by atoms with van der Waals surface area (Å²) in [5, 5.41) is 13.8. The molecule has 1 unspecified atom stereocenters. The number of amides is 1. The van der Waals surface area contributed by atoms with E-state index in [4.69, 9.17) is 14.9 Å². The lowest BCUT2D eigenvalue weighted by molar-refractivity contribution is -0.137. The highest BCUT2D eigenvalue weighted by Crippen LogP contribution is 2.31. The molecule has 12 heteroatoms. The van der Waals surface area contributed by atoms with Crippen molar-refractivity contribution in [1.29, 1.82) is 0 Å². The zero-order valence-electron chi connectivity index (χ0n) is 21.6. The number of carbonyl (C=O) groups excluding carboxylic acids is 1.